The van der Waals surface area contributed by atoms with E-state index in [-0.39, 0.29) is 16.9 Å². The van der Waals surface area contributed by atoms with E-state index in [4.69, 9.17) is 10.5 Å². The minimum atomic E-state index is -0.745. The molecular formula is C17H20N4O4. The van der Waals surface area contributed by atoms with Gasteiger partial charge in [0.25, 0.3) is 0 Å². The maximum Gasteiger partial charge on any atom is 0.313 e. The number of carbonyl (C=O) groups is 3. The number of anilines is 1. The third kappa shape index (κ3) is 2.86. The van der Waals surface area contributed by atoms with Crippen molar-refractivity contribution < 1.29 is 19.1 Å². The van der Waals surface area contributed by atoms with E-state index in [1.54, 1.807) is 4.90 Å². The highest BCUT2D eigenvalue weighted by Crippen LogP contribution is 2.56. The van der Waals surface area contributed by atoms with E-state index in [9.17, 15) is 14.4 Å². The molecule has 0 bridgehead atoms. The highest BCUT2D eigenvalue weighted by atomic mass is 16.5. The Balaban J connectivity index is 1.42. The first-order chi connectivity index (χ1) is 12.0. The number of ether oxygens (including phenoxy) is 1. The molecule has 3 aliphatic rings. The second-order valence-corrected chi connectivity index (χ2v) is 7.09. The summed E-state index contributed by atoms with van der Waals surface area (Å²) in [4.78, 5) is 41.4. The number of likely N-dealkylation sites (tertiary alicyclic amines) is 1. The summed E-state index contributed by atoms with van der Waals surface area (Å²) < 4.78 is 5.98. The summed E-state index contributed by atoms with van der Waals surface area (Å²) in [6, 6.07) is 1.40. The van der Waals surface area contributed by atoms with E-state index in [0.29, 0.717) is 24.9 Å². The highest BCUT2D eigenvalue weighted by molar-refractivity contribution is 6.39. The van der Waals surface area contributed by atoms with Crippen molar-refractivity contribution in [1.82, 2.24) is 9.88 Å². The van der Waals surface area contributed by atoms with Crippen LogP contribution in [0.5, 0.6) is 0 Å². The van der Waals surface area contributed by atoms with Crippen LogP contribution in [0.2, 0.25) is 0 Å². The Hall–Kier alpha value is -2.48. The van der Waals surface area contributed by atoms with Gasteiger partial charge >= 0.3 is 11.8 Å². The van der Waals surface area contributed by atoms with Crippen LogP contribution in [0.3, 0.4) is 0 Å². The summed E-state index contributed by atoms with van der Waals surface area (Å²) >= 11 is 0. The van der Waals surface area contributed by atoms with E-state index < -0.39 is 17.7 Å². The molecule has 1 saturated carbocycles. The Morgan fingerprint density at radius 2 is 2.20 bits per heavy atom. The lowest BCUT2D eigenvalue weighted by Crippen LogP contribution is -2.54. The van der Waals surface area contributed by atoms with Crippen LogP contribution in [-0.4, -0.2) is 52.9 Å². The standard InChI is InChI=1S/C17H20N4O4/c18-14(22)10-4-12(7-19-6-10)20-15(23)16(24)21-3-1-2-17(9-21)13-5-11(13)8-25-17/h4,6-7,11,13H,1-3,5,8-9H2,(H2,18,22)(H,20,23)/t11-,13-,17+/m1/s1. The highest BCUT2D eigenvalue weighted by Gasteiger charge is 2.60. The Bertz CT molecular complexity index is 752. The van der Waals surface area contributed by atoms with Gasteiger partial charge in [-0.2, -0.15) is 0 Å². The van der Waals surface area contributed by atoms with Crippen molar-refractivity contribution in [2.24, 2.45) is 17.6 Å². The van der Waals surface area contributed by atoms with Gasteiger partial charge in [0.2, 0.25) is 5.91 Å². The Kier molecular flexibility index (Phi) is 3.72. The van der Waals surface area contributed by atoms with Gasteiger partial charge in [0.1, 0.15) is 0 Å². The minimum absolute atomic E-state index is 0.168. The lowest BCUT2D eigenvalue weighted by Gasteiger charge is -2.40. The van der Waals surface area contributed by atoms with Crippen LogP contribution in [0, 0.1) is 11.8 Å². The Labute approximate surface area is 144 Å². The molecule has 8 nitrogen and oxygen atoms in total. The first-order valence-corrected chi connectivity index (χ1v) is 8.47. The van der Waals surface area contributed by atoms with Gasteiger partial charge in [0.15, 0.2) is 0 Å². The fraction of sp³-hybridized carbons (Fsp3) is 0.529. The second kappa shape index (κ2) is 5.80. The van der Waals surface area contributed by atoms with Crippen molar-refractivity contribution in [2.45, 2.75) is 24.9 Å². The number of hydrogen-bond donors (Lipinski definition) is 2. The SMILES string of the molecule is NC(=O)c1cncc(NC(=O)C(=O)N2CCC[C@@]3(C2)OC[C@H]2C[C@H]23)c1. The Morgan fingerprint density at radius 1 is 1.36 bits per heavy atom. The Morgan fingerprint density at radius 3 is 2.88 bits per heavy atom. The van der Waals surface area contributed by atoms with Gasteiger partial charge in [-0.05, 0) is 37.2 Å². The van der Waals surface area contributed by atoms with Crippen molar-refractivity contribution in [1.29, 1.82) is 0 Å². The van der Waals surface area contributed by atoms with Gasteiger partial charge < -0.3 is 20.7 Å². The molecule has 3 fully saturated rings. The van der Waals surface area contributed by atoms with Crippen LogP contribution in [0.25, 0.3) is 0 Å². The number of pyridine rings is 1. The monoisotopic (exact) mass is 344 g/mol. The lowest BCUT2D eigenvalue weighted by molar-refractivity contribution is -0.149. The number of amides is 3. The molecule has 3 heterocycles. The quantitative estimate of drug-likeness (QED) is 0.741. The first kappa shape index (κ1) is 16.0. The number of primary amides is 1. The molecule has 8 heteroatoms. The number of nitrogens with one attached hydrogen (secondary N) is 1. The molecule has 0 radical (unpaired) electrons. The first-order valence-electron chi connectivity index (χ1n) is 8.47. The van der Waals surface area contributed by atoms with E-state index in [0.717, 1.165) is 19.4 Å². The number of nitrogens with zero attached hydrogens (tertiary/aromatic N) is 2. The lowest BCUT2D eigenvalue weighted by atomic mass is 9.88. The molecule has 1 aromatic rings. The van der Waals surface area contributed by atoms with Crippen molar-refractivity contribution in [3.8, 4) is 0 Å². The molecule has 3 amide bonds. The van der Waals surface area contributed by atoms with E-state index in [1.165, 1.54) is 24.9 Å². The molecule has 3 atom stereocenters. The van der Waals surface area contributed by atoms with Gasteiger partial charge in [-0.15, -0.1) is 0 Å². The van der Waals surface area contributed by atoms with Crippen LogP contribution in [-0.2, 0) is 14.3 Å². The summed E-state index contributed by atoms with van der Waals surface area (Å²) in [7, 11) is 0. The molecule has 25 heavy (non-hydrogen) atoms. The molecule has 3 N–H and O–H groups in total. The fourth-order valence-electron chi connectivity index (χ4n) is 4.07. The number of rotatable bonds is 2. The third-order valence-electron chi connectivity index (χ3n) is 5.43. The second-order valence-electron chi connectivity index (χ2n) is 7.09. The van der Waals surface area contributed by atoms with E-state index in [2.05, 4.69) is 10.3 Å². The molecule has 2 aliphatic heterocycles. The van der Waals surface area contributed by atoms with Crippen LogP contribution in [0.4, 0.5) is 5.69 Å². The van der Waals surface area contributed by atoms with Crippen LogP contribution >= 0.6 is 0 Å². The topological polar surface area (TPSA) is 115 Å². The van der Waals surface area contributed by atoms with Gasteiger partial charge in [-0.1, -0.05) is 0 Å². The van der Waals surface area contributed by atoms with Crippen molar-refractivity contribution >= 4 is 23.4 Å². The van der Waals surface area contributed by atoms with Gasteiger partial charge in [-0.3, -0.25) is 19.4 Å². The maximum atomic E-state index is 12.5. The average molecular weight is 344 g/mol. The zero-order chi connectivity index (χ0) is 17.6. The van der Waals surface area contributed by atoms with Crippen LogP contribution in [0.1, 0.15) is 29.6 Å². The molecule has 132 valence electrons. The fourth-order valence-corrected chi connectivity index (χ4v) is 4.07. The number of hydrogen-bond acceptors (Lipinski definition) is 5. The van der Waals surface area contributed by atoms with Crippen molar-refractivity contribution in [3.05, 3.63) is 24.0 Å². The summed E-state index contributed by atoms with van der Waals surface area (Å²) in [5.74, 6) is -0.818. The summed E-state index contributed by atoms with van der Waals surface area (Å²) in [5, 5.41) is 2.49. The minimum Gasteiger partial charge on any atom is -0.373 e. The smallest absolute Gasteiger partial charge is 0.313 e. The molecule has 2 saturated heterocycles. The summed E-state index contributed by atoms with van der Waals surface area (Å²) in [6.45, 7) is 1.79. The predicted octanol–water partition coefficient (Wildman–Crippen LogP) is 0.146. The molecule has 1 aliphatic carbocycles. The zero-order valence-electron chi connectivity index (χ0n) is 13.7. The largest absolute Gasteiger partial charge is 0.373 e. The van der Waals surface area contributed by atoms with Crippen molar-refractivity contribution in [2.75, 3.05) is 25.0 Å². The molecule has 1 spiro atoms. The van der Waals surface area contributed by atoms with Crippen molar-refractivity contribution in [3.63, 3.8) is 0 Å². The van der Waals surface area contributed by atoms with E-state index >= 15 is 0 Å². The summed E-state index contributed by atoms with van der Waals surface area (Å²) in [6.07, 6.45) is 5.62. The predicted molar refractivity (Wildman–Crippen MR) is 87.5 cm³/mol. The van der Waals surface area contributed by atoms with Gasteiger partial charge in [0.05, 0.1) is 36.2 Å². The molecule has 1 aromatic heterocycles. The number of nitrogens with two attached hydrogens (primary N) is 1. The van der Waals surface area contributed by atoms with E-state index in [1.807, 2.05) is 0 Å². The molecule has 0 aromatic carbocycles. The maximum absolute atomic E-state index is 12.5. The number of aromatic nitrogens is 1. The summed E-state index contributed by atoms with van der Waals surface area (Å²) in [5.41, 5.74) is 5.37. The van der Waals surface area contributed by atoms with Crippen LogP contribution < -0.4 is 11.1 Å². The normalized spacial score (nSPS) is 30.0. The van der Waals surface area contributed by atoms with Gasteiger partial charge in [-0.25, -0.2) is 0 Å². The molecular weight excluding hydrogens is 324 g/mol. The number of carbonyl (C=O) groups excluding carboxylic acids is 3. The average Bonchev–Trinajstić information content (AvgIpc) is 3.34. The number of piperidine rings is 1. The molecule has 0 unspecified atom stereocenters. The van der Waals surface area contributed by atoms with Gasteiger partial charge in [0, 0.05) is 12.7 Å². The third-order valence-corrected chi connectivity index (χ3v) is 5.43. The molecule has 4 rings (SSSR count). The number of fused-ring (bicyclic) bond motifs is 2. The van der Waals surface area contributed by atoms with Crippen LogP contribution in [0.15, 0.2) is 18.5 Å². The zero-order valence-corrected chi connectivity index (χ0v) is 13.7.